The molecule has 0 unspecified atom stereocenters. The van der Waals surface area contributed by atoms with Crippen molar-refractivity contribution in [3.8, 4) is 0 Å². The molecule has 2 aromatic rings. The number of H-pyrrole nitrogens is 1. The van der Waals surface area contributed by atoms with Crippen LogP contribution in [0.2, 0.25) is 0 Å². The summed E-state index contributed by atoms with van der Waals surface area (Å²) >= 11 is 0. The van der Waals surface area contributed by atoms with Crippen molar-refractivity contribution in [2.45, 2.75) is 32.0 Å². The van der Waals surface area contributed by atoms with E-state index in [0.29, 0.717) is 17.6 Å². The zero-order valence-corrected chi connectivity index (χ0v) is 13.1. The molecule has 1 saturated carbocycles. The Bertz CT molecular complexity index is 881. The van der Waals surface area contributed by atoms with Crippen LogP contribution < -0.4 is 5.69 Å². The van der Waals surface area contributed by atoms with Crippen LogP contribution in [0.1, 0.15) is 23.7 Å². The molecule has 1 N–H and O–H groups in total. The number of rotatable bonds is 2. The maximum atomic E-state index is 12.8. The first-order chi connectivity index (χ1) is 11.0. The van der Waals surface area contributed by atoms with Gasteiger partial charge in [-0.05, 0) is 31.5 Å². The average Bonchev–Trinajstić information content (AvgIpc) is 3.27. The molecule has 2 atom stereocenters. The number of carbonyl (C=O) groups is 2. The van der Waals surface area contributed by atoms with Gasteiger partial charge in [-0.1, -0.05) is 0 Å². The molecule has 1 saturated heterocycles. The van der Waals surface area contributed by atoms with Gasteiger partial charge in [0.25, 0.3) is 5.91 Å². The summed E-state index contributed by atoms with van der Waals surface area (Å²) < 4.78 is 1.60. The molecule has 23 heavy (non-hydrogen) atoms. The third kappa shape index (κ3) is 1.99. The predicted molar refractivity (Wildman–Crippen MR) is 84.2 cm³/mol. The zero-order valence-electron chi connectivity index (χ0n) is 13.1. The van der Waals surface area contributed by atoms with E-state index < -0.39 is 0 Å². The highest BCUT2D eigenvalue weighted by atomic mass is 16.2. The number of carbonyl (C=O) groups excluding carboxylic acids is 2. The SMILES string of the molecule is CCn1c(=O)[nH]c2ccc(C(=O)N3CC(=O)N(C)[C@@H]4C[C@@H]43)cc21. The van der Waals surface area contributed by atoms with Gasteiger partial charge in [-0.3, -0.25) is 14.2 Å². The second-order valence-electron chi connectivity index (χ2n) is 6.21. The normalized spacial score (nSPS) is 23.3. The van der Waals surface area contributed by atoms with E-state index >= 15 is 0 Å². The van der Waals surface area contributed by atoms with Gasteiger partial charge in [-0.15, -0.1) is 0 Å². The van der Waals surface area contributed by atoms with Gasteiger partial charge in [0.1, 0.15) is 6.54 Å². The van der Waals surface area contributed by atoms with Gasteiger partial charge >= 0.3 is 5.69 Å². The van der Waals surface area contributed by atoms with Crippen molar-refractivity contribution in [2.75, 3.05) is 13.6 Å². The van der Waals surface area contributed by atoms with Gasteiger partial charge in [0, 0.05) is 19.2 Å². The number of fused-ring (bicyclic) bond motifs is 2. The number of hydrogen-bond acceptors (Lipinski definition) is 3. The summed E-state index contributed by atoms with van der Waals surface area (Å²) in [5, 5.41) is 0. The lowest BCUT2D eigenvalue weighted by atomic mass is 10.1. The van der Waals surface area contributed by atoms with Crippen LogP contribution in [-0.2, 0) is 11.3 Å². The number of likely N-dealkylation sites (N-methyl/N-ethyl adjacent to an activating group) is 1. The Balaban J connectivity index is 1.70. The number of hydrogen-bond donors (Lipinski definition) is 1. The van der Waals surface area contributed by atoms with E-state index in [1.165, 1.54) is 0 Å². The van der Waals surface area contributed by atoms with Crippen LogP contribution in [0.3, 0.4) is 0 Å². The number of aryl methyl sites for hydroxylation is 1. The molecule has 7 nitrogen and oxygen atoms in total. The largest absolute Gasteiger partial charge is 0.339 e. The van der Waals surface area contributed by atoms with Crippen molar-refractivity contribution in [3.63, 3.8) is 0 Å². The van der Waals surface area contributed by atoms with E-state index in [9.17, 15) is 14.4 Å². The van der Waals surface area contributed by atoms with E-state index in [2.05, 4.69) is 4.98 Å². The molecular weight excluding hydrogens is 296 g/mol. The van der Waals surface area contributed by atoms with Crippen LogP contribution in [0.4, 0.5) is 0 Å². The molecule has 0 radical (unpaired) electrons. The third-order valence-electron chi connectivity index (χ3n) is 4.92. The standard InChI is InChI=1S/C16H18N4O3/c1-3-19-11-6-9(4-5-10(11)17-16(19)23)15(22)20-8-14(21)18(2)12-7-13(12)20/h4-6,12-13H,3,7-8H2,1-2H3,(H,17,23)/t12-,13+/m1/s1. The maximum Gasteiger partial charge on any atom is 0.326 e. The molecule has 7 heteroatoms. The number of benzene rings is 1. The summed E-state index contributed by atoms with van der Waals surface area (Å²) in [5.74, 6) is -0.164. The number of aromatic amines is 1. The molecule has 2 amide bonds. The van der Waals surface area contributed by atoms with Gasteiger partial charge in [0.15, 0.2) is 0 Å². The van der Waals surface area contributed by atoms with Crippen LogP contribution in [0.25, 0.3) is 11.0 Å². The summed E-state index contributed by atoms with van der Waals surface area (Å²) in [6, 6.07) is 5.48. The van der Waals surface area contributed by atoms with E-state index in [0.717, 1.165) is 11.9 Å². The van der Waals surface area contributed by atoms with E-state index in [1.807, 2.05) is 6.92 Å². The Hall–Kier alpha value is -2.57. The number of nitrogens with zero attached hydrogens (tertiary/aromatic N) is 3. The molecule has 2 fully saturated rings. The quantitative estimate of drug-likeness (QED) is 0.872. The first-order valence-electron chi connectivity index (χ1n) is 7.80. The lowest BCUT2D eigenvalue weighted by Gasteiger charge is -2.31. The van der Waals surface area contributed by atoms with Gasteiger partial charge in [-0.25, -0.2) is 4.79 Å². The highest BCUT2D eigenvalue weighted by Crippen LogP contribution is 2.37. The van der Waals surface area contributed by atoms with Crippen LogP contribution in [-0.4, -0.2) is 56.8 Å². The molecule has 2 heterocycles. The lowest BCUT2D eigenvalue weighted by molar-refractivity contribution is -0.133. The van der Waals surface area contributed by atoms with Crippen LogP contribution >= 0.6 is 0 Å². The van der Waals surface area contributed by atoms with Crippen molar-refractivity contribution in [1.82, 2.24) is 19.4 Å². The van der Waals surface area contributed by atoms with Crippen LogP contribution in [0.5, 0.6) is 0 Å². The minimum absolute atomic E-state index is 0.0229. The Kier molecular flexibility index (Phi) is 2.88. The summed E-state index contributed by atoms with van der Waals surface area (Å²) in [5.41, 5.74) is 1.77. The highest BCUT2D eigenvalue weighted by Gasteiger charge is 2.52. The third-order valence-corrected chi connectivity index (χ3v) is 4.92. The highest BCUT2D eigenvalue weighted by molar-refractivity contribution is 6.00. The lowest BCUT2D eigenvalue weighted by Crippen LogP contribution is -2.50. The molecule has 1 aliphatic heterocycles. The minimum atomic E-state index is -0.177. The monoisotopic (exact) mass is 314 g/mol. The smallest absolute Gasteiger partial charge is 0.326 e. The number of piperazine rings is 1. The van der Waals surface area contributed by atoms with E-state index in [1.54, 1.807) is 39.6 Å². The number of imidazole rings is 1. The topological polar surface area (TPSA) is 78.4 Å². The molecule has 4 rings (SSSR count). The molecule has 1 aromatic heterocycles. The summed E-state index contributed by atoms with van der Waals surface area (Å²) in [6.07, 6.45) is 0.847. The van der Waals surface area contributed by atoms with Crippen molar-refractivity contribution in [1.29, 1.82) is 0 Å². The fourth-order valence-corrected chi connectivity index (χ4v) is 3.47. The molecule has 0 bridgehead atoms. The Labute approximate surface area is 132 Å². The van der Waals surface area contributed by atoms with Crippen molar-refractivity contribution in [3.05, 3.63) is 34.2 Å². The second-order valence-corrected chi connectivity index (χ2v) is 6.21. The molecule has 2 aliphatic rings. The fourth-order valence-electron chi connectivity index (χ4n) is 3.47. The predicted octanol–water partition coefficient (Wildman–Crippen LogP) is 0.405. The van der Waals surface area contributed by atoms with Crippen molar-refractivity contribution >= 4 is 22.8 Å². The first-order valence-corrected chi connectivity index (χ1v) is 7.80. The Morgan fingerprint density at radius 2 is 2.09 bits per heavy atom. The zero-order chi connectivity index (χ0) is 16.3. The number of nitrogens with one attached hydrogen (secondary N) is 1. The van der Waals surface area contributed by atoms with Gasteiger partial charge in [0.2, 0.25) is 5.91 Å². The molecule has 1 aromatic carbocycles. The molecule has 0 spiro atoms. The van der Waals surface area contributed by atoms with Crippen molar-refractivity contribution in [2.24, 2.45) is 0 Å². The molecule has 120 valence electrons. The first kappa shape index (κ1) is 14.0. The Morgan fingerprint density at radius 3 is 2.83 bits per heavy atom. The summed E-state index contributed by atoms with van der Waals surface area (Å²) in [6.45, 7) is 2.55. The van der Waals surface area contributed by atoms with E-state index in [-0.39, 0.29) is 36.1 Å². The van der Waals surface area contributed by atoms with Crippen molar-refractivity contribution < 1.29 is 9.59 Å². The molecular formula is C16H18N4O3. The van der Waals surface area contributed by atoms with Crippen LogP contribution in [0, 0.1) is 0 Å². The number of amides is 2. The maximum absolute atomic E-state index is 12.8. The summed E-state index contributed by atoms with van der Waals surface area (Å²) in [4.78, 5) is 42.8. The van der Waals surface area contributed by atoms with Gasteiger partial charge in [0.05, 0.1) is 23.1 Å². The molecule has 1 aliphatic carbocycles. The Morgan fingerprint density at radius 1 is 1.30 bits per heavy atom. The van der Waals surface area contributed by atoms with Gasteiger partial charge in [-0.2, -0.15) is 0 Å². The van der Waals surface area contributed by atoms with E-state index in [4.69, 9.17) is 0 Å². The number of aromatic nitrogens is 2. The minimum Gasteiger partial charge on any atom is -0.339 e. The van der Waals surface area contributed by atoms with Gasteiger partial charge < -0.3 is 14.8 Å². The van der Waals surface area contributed by atoms with Crippen LogP contribution in [0.15, 0.2) is 23.0 Å². The fraction of sp³-hybridized carbons (Fsp3) is 0.438. The second kappa shape index (κ2) is 4.71. The summed E-state index contributed by atoms with van der Waals surface area (Å²) in [7, 11) is 1.79. The average molecular weight is 314 g/mol.